The molecule has 0 fully saturated rings. The Labute approximate surface area is 161 Å². The van der Waals surface area contributed by atoms with Crippen LogP contribution in [0.3, 0.4) is 0 Å². The zero-order chi connectivity index (χ0) is 19.2. The Balaban J connectivity index is 1.92. The second-order valence-corrected chi connectivity index (χ2v) is 6.92. The molecular formula is C20H20N4O2S. The number of nitrogens with one attached hydrogen (secondary N) is 2. The van der Waals surface area contributed by atoms with E-state index in [-0.39, 0.29) is 5.78 Å². The molecule has 0 unspecified atom stereocenters. The number of nitrogens with zero attached hydrogens (tertiary/aromatic N) is 2. The number of aromatic nitrogens is 1. The molecule has 0 atom stereocenters. The number of thiazole rings is 1. The summed E-state index contributed by atoms with van der Waals surface area (Å²) in [5.74, 6) is 1.01. The van der Waals surface area contributed by atoms with Crippen LogP contribution in [0, 0.1) is 0 Å². The highest BCUT2D eigenvalue weighted by atomic mass is 32.1. The number of methoxy groups -OCH3 is 1. The van der Waals surface area contributed by atoms with Gasteiger partial charge >= 0.3 is 0 Å². The molecule has 0 aliphatic rings. The standard InChI is InChI=1S/C20H20N4O2S/c1-13(2)23-24-19-18(17(25)14-9-11-16(26-3)12-10-14)27-20(22-19)21-15-7-5-4-6-8-15/h4-12,24H,1-3H3,(H,21,22). The van der Waals surface area contributed by atoms with Gasteiger partial charge in [0.2, 0.25) is 5.78 Å². The quantitative estimate of drug-likeness (QED) is 0.345. The molecule has 0 radical (unpaired) electrons. The van der Waals surface area contributed by atoms with E-state index < -0.39 is 0 Å². The lowest BCUT2D eigenvalue weighted by Crippen LogP contribution is -2.03. The number of hydrogen-bond donors (Lipinski definition) is 2. The number of hydrogen-bond acceptors (Lipinski definition) is 7. The van der Waals surface area contributed by atoms with Gasteiger partial charge in [-0.05, 0) is 50.2 Å². The smallest absolute Gasteiger partial charge is 0.206 e. The summed E-state index contributed by atoms with van der Waals surface area (Å²) < 4.78 is 5.15. The van der Waals surface area contributed by atoms with E-state index >= 15 is 0 Å². The van der Waals surface area contributed by atoms with Crippen molar-refractivity contribution in [2.75, 3.05) is 17.9 Å². The van der Waals surface area contributed by atoms with Crippen molar-refractivity contribution in [1.82, 2.24) is 4.98 Å². The predicted octanol–water partition coefficient (Wildman–Crippen LogP) is 4.93. The Morgan fingerprint density at radius 3 is 2.41 bits per heavy atom. The fourth-order valence-electron chi connectivity index (χ4n) is 2.29. The second kappa shape index (κ2) is 8.46. The first-order chi connectivity index (χ1) is 13.1. The largest absolute Gasteiger partial charge is 0.497 e. The summed E-state index contributed by atoms with van der Waals surface area (Å²) in [6.45, 7) is 3.74. The van der Waals surface area contributed by atoms with E-state index in [0.717, 1.165) is 11.4 Å². The first-order valence-corrected chi connectivity index (χ1v) is 9.17. The van der Waals surface area contributed by atoms with Gasteiger partial charge in [-0.15, -0.1) is 0 Å². The van der Waals surface area contributed by atoms with Gasteiger partial charge in [-0.2, -0.15) is 5.10 Å². The van der Waals surface area contributed by atoms with E-state index in [1.807, 2.05) is 44.2 Å². The minimum absolute atomic E-state index is 0.122. The maximum absolute atomic E-state index is 13.0. The van der Waals surface area contributed by atoms with Crippen molar-refractivity contribution in [3.63, 3.8) is 0 Å². The average Bonchev–Trinajstić information content (AvgIpc) is 3.09. The van der Waals surface area contributed by atoms with Gasteiger partial charge in [0, 0.05) is 17.0 Å². The second-order valence-electron chi connectivity index (χ2n) is 5.92. The predicted molar refractivity (Wildman–Crippen MR) is 111 cm³/mol. The SMILES string of the molecule is COc1ccc(C(=O)c2sc(Nc3ccccc3)nc2NN=C(C)C)cc1. The average molecular weight is 380 g/mol. The zero-order valence-corrected chi connectivity index (χ0v) is 16.1. The minimum Gasteiger partial charge on any atom is -0.497 e. The molecule has 27 heavy (non-hydrogen) atoms. The van der Waals surface area contributed by atoms with Crippen LogP contribution in [-0.4, -0.2) is 23.6 Å². The molecule has 0 aliphatic heterocycles. The molecule has 3 aromatic rings. The number of ether oxygens (including phenoxy) is 1. The summed E-state index contributed by atoms with van der Waals surface area (Å²) in [6, 6.07) is 16.7. The van der Waals surface area contributed by atoms with Crippen LogP contribution in [0.5, 0.6) is 5.75 Å². The lowest BCUT2D eigenvalue weighted by atomic mass is 10.1. The highest BCUT2D eigenvalue weighted by Gasteiger charge is 2.20. The number of carbonyl (C=O) groups is 1. The number of rotatable bonds is 7. The third kappa shape index (κ3) is 4.71. The topological polar surface area (TPSA) is 75.6 Å². The molecule has 3 rings (SSSR count). The third-order valence-electron chi connectivity index (χ3n) is 3.60. The van der Waals surface area contributed by atoms with Crippen LogP contribution in [-0.2, 0) is 0 Å². The summed E-state index contributed by atoms with van der Waals surface area (Å²) in [4.78, 5) is 18.0. The van der Waals surface area contributed by atoms with E-state index in [2.05, 4.69) is 20.8 Å². The van der Waals surface area contributed by atoms with Crippen LogP contribution >= 0.6 is 11.3 Å². The van der Waals surface area contributed by atoms with Crippen molar-refractivity contribution < 1.29 is 9.53 Å². The van der Waals surface area contributed by atoms with Crippen LogP contribution in [0.25, 0.3) is 0 Å². The summed E-state index contributed by atoms with van der Waals surface area (Å²) in [7, 11) is 1.59. The monoisotopic (exact) mass is 380 g/mol. The molecule has 0 saturated carbocycles. The Hall–Kier alpha value is -3.19. The lowest BCUT2D eigenvalue weighted by Gasteiger charge is -2.03. The van der Waals surface area contributed by atoms with Gasteiger partial charge in [0.05, 0.1) is 7.11 Å². The van der Waals surface area contributed by atoms with Crippen LogP contribution in [0.1, 0.15) is 29.1 Å². The zero-order valence-electron chi connectivity index (χ0n) is 15.3. The van der Waals surface area contributed by atoms with Crippen LogP contribution in [0.2, 0.25) is 0 Å². The van der Waals surface area contributed by atoms with Crippen molar-refractivity contribution in [1.29, 1.82) is 0 Å². The Morgan fingerprint density at radius 1 is 1.07 bits per heavy atom. The number of carbonyl (C=O) groups excluding carboxylic acids is 1. The molecule has 2 aromatic carbocycles. The van der Waals surface area contributed by atoms with Crippen molar-refractivity contribution in [2.45, 2.75) is 13.8 Å². The highest BCUT2D eigenvalue weighted by Crippen LogP contribution is 2.31. The fourth-order valence-corrected chi connectivity index (χ4v) is 3.18. The van der Waals surface area contributed by atoms with Crippen LogP contribution in [0.15, 0.2) is 59.7 Å². The summed E-state index contributed by atoms with van der Waals surface area (Å²) in [6.07, 6.45) is 0. The number of para-hydroxylation sites is 1. The molecule has 1 aromatic heterocycles. The highest BCUT2D eigenvalue weighted by molar-refractivity contribution is 7.18. The maximum Gasteiger partial charge on any atom is 0.206 e. The first-order valence-electron chi connectivity index (χ1n) is 8.35. The van der Waals surface area contributed by atoms with E-state index in [0.29, 0.717) is 27.1 Å². The minimum atomic E-state index is -0.122. The molecule has 0 bridgehead atoms. The number of ketones is 1. The third-order valence-corrected chi connectivity index (χ3v) is 4.57. The molecule has 6 nitrogen and oxygen atoms in total. The van der Waals surface area contributed by atoms with Gasteiger partial charge in [-0.1, -0.05) is 29.5 Å². The molecule has 0 spiro atoms. The molecule has 7 heteroatoms. The Bertz CT molecular complexity index is 946. The van der Waals surface area contributed by atoms with Gasteiger partial charge in [-0.3, -0.25) is 10.2 Å². The molecule has 138 valence electrons. The van der Waals surface area contributed by atoms with E-state index in [9.17, 15) is 4.79 Å². The van der Waals surface area contributed by atoms with Crippen molar-refractivity contribution in [3.05, 3.63) is 65.0 Å². The van der Waals surface area contributed by atoms with Crippen molar-refractivity contribution in [2.24, 2.45) is 5.10 Å². The van der Waals surface area contributed by atoms with E-state index in [1.165, 1.54) is 11.3 Å². The maximum atomic E-state index is 13.0. The molecule has 0 amide bonds. The molecular weight excluding hydrogens is 360 g/mol. The Kier molecular flexibility index (Phi) is 5.83. The normalized spacial score (nSPS) is 10.2. The lowest BCUT2D eigenvalue weighted by molar-refractivity contribution is 0.104. The van der Waals surface area contributed by atoms with Crippen molar-refractivity contribution >= 4 is 39.5 Å². The van der Waals surface area contributed by atoms with E-state index in [1.54, 1.807) is 31.4 Å². The van der Waals surface area contributed by atoms with Gasteiger partial charge in [0.25, 0.3) is 0 Å². The summed E-state index contributed by atoms with van der Waals surface area (Å²) in [5.41, 5.74) is 5.19. The Morgan fingerprint density at radius 2 is 1.78 bits per heavy atom. The van der Waals surface area contributed by atoms with Crippen LogP contribution in [0.4, 0.5) is 16.6 Å². The molecule has 2 N–H and O–H groups in total. The molecule has 0 saturated heterocycles. The number of hydrazone groups is 1. The van der Waals surface area contributed by atoms with Crippen LogP contribution < -0.4 is 15.5 Å². The van der Waals surface area contributed by atoms with Gasteiger partial charge in [0.15, 0.2) is 10.9 Å². The summed E-state index contributed by atoms with van der Waals surface area (Å²) in [5, 5.41) is 8.03. The molecule has 0 aliphatic carbocycles. The van der Waals surface area contributed by atoms with Gasteiger partial charge < -0.3 is 10.1 Å². The first kappa shape index (κ1) is 18.6. The number of benzene rings is 2. The van der Waals surface area contributed by atoms with Crippen molar-refractivity contribution in [3.8, 4) is 5.75 Å². The van der Waals surface area contributed by atoms with Gasteiger partial charge in [-0.25, -0.2) is 4.98 Å². The summed E-state index contributed by atoms with van der Waals surface area (Å²) >= 11 is 1.28. The molecule has 1 heterocycles. The number of anilines is 3. The van der Waals surface area contributed by atoms with E-state index in [4.69, 9.17) is 4.74 Å². The van der Waals surface area contributed by atoms with Gasteiger partial charge in [0.1, 0.15) is 10.6 Å². The fraction of sp³-hybridized carbons (Fsp3) is 0.150.